The number of aromatic nitrogens is 2. The minimum Gasteiger partial charge on any atom is -0.436 e. The molecule has 0 amide bonds. The molecule has 2 rings (SSSR count). The van der Waals surface area contributed by atoms with Gasteiger partial charge in [-0.3, -0.25) is 0 Å². The highest BCUT2D eigenvalue weighted by atomic mass is 35.5. The Labute approximate surface area is 95.8 Å². The van der Waals surface area contributed by atoms with Crippen molar-refractivity contribution < 1.29 is 9.13 Å². The van der Waals surface area contributed by atoms with Gasteiger partial charge in [0.2, 0.25) is 5.88 Å². The third-order valence-corrected chi connectivity index (χ3v) is 2.06. The van der Waals surface area contributed by atoms with Crippen LogP contribution in [-0.2, 0) is 0 Å². The number of rotatable bonds is 2. The summed E-state index contributed by atoms with van der Waals surface area (Å²) in [5.41, 5.74) is 5.37. The standard InChI is InChI=1S/C10H7ClFN3O/c11-7-5-6(12)1-2-8(7)16-10-4-3-9(13)14-15-10/h1-5H,(H2,13,14). The van der Waals surface area contributed by atoms with Gasteiger partial charge in [0.15, 0.2) is 0 Å². The van der Waals surface area contributed by atoms with Gasteiger partial charge < -0.3 is 10.5 Å². The summed E-state index contributed by atoms with van der Waals surface area (Å²) in [7, 11) is 0. The number of halogens is 2. The lowest BCUT2D eigenvalue weighted by molar-refractivity contribution is 0.454. The lowest BCUT2D eigenvalue weighted by Crippen LogP contribution is -1.95. The number of nitrogens with two attached hydrogens (primary N) is 1. The van der Waals surface area contributed by atoms with Crippen LogP contribution in [0, 0.1) is 5.82 Å². The van der Waals surface area contributed by atoms with Crippen LogP contribution >= 0.6 is 11.6 Å². The number of hydrogen-bond acceptors (Lipinski definition) is 4. The molecule has 4 nitrogen and oxygen atoms in total. The largest absolute Gasteiger partial charge is 0.436 e. The van der Waals surface area contributed by atoms with E-state index in [0.29, 0.717) is 5.75 Å². The van der Waals surface area contributed by atoms with Crippen LogP contribution in [0.5, 0.6) is 11.6 Å². The zero-order valence-electron chi connectivity index (χ0n) is 8.02. The number of benzene rings is 1. The number of anilines is 1. The summed E-state index contributed by atoms with van der Waals surface area (Å²) >= 11 is 5.77. The van der Waals surface area contributed by atoms with E-state index in [1.807, 2.05) is 0 Å². The lowest BCUT2D eigenvalue weighted by Gasteiger charge is -2.05. The first-order valence-electron chi connectivity index (χ1n) is 4.37. The highest BCUT2D eigenvalue weighted by Gasteiger charge is 2.05. The topological polar surface area (TPSA) is 61.0 Å². The van der Waals surface area contributed by atoms with Crippen LogP contribution in [0.25, 0.3) is 0 Å². The van der Waals surface area contributed by atoms with Gasteiger partial charge in [-0.15, -0.1) is 10.2 Å². The van der Waals surface area contributed by atoms with Gasteiger partial charge in [0.25, 0.3) is 0 Å². The van der Waals surface area contributed by atoms with Crippen LogP contribution in [0.2, 0.25) is 5.02 Å². The first kappa shape index (κ1) is 10.6. The molecule has 0 saturated carbocycles. The fourth-order valence-electron chi connectivity index (χ4n) is 1.06. The molecule has 1 aromatic heterocycles. The molecule has 82 valence electrons. The molecule has 16 heavy (non-hydrogen) atoms. The maximum atomic E-state index is 12.8. The first-order valence-corrected chi connectivity index (χ1v) is 4.75. The van der Waals surface area contributed by atoms with Crippen molar-refractivity contribution in [3.05, 3.63) is 41.2 Å². The van der Waals surface area contributed by atoms with Gasteiger partial charge in [-0.05, 0) is 24.3 Å². The Morgan fingerprint density at radius 2 is 2.00 bits per heavy atom. The number of nitrogen functional groups attached to an aromatic ring is 1. The molecule has 0 aliphatic carbocycles. The van der Waals surface area contributed by atoms with Crippen LogP contribution < -0.4 is 10.5 Å². The molecule has 0 saturated heterocycles. The highest BCUT2D eigenvalue weighted by molar-refractivity contribution is 6.32. The predicted molar refractivity (Wildman–Crippen MR) is 57.9 cm³/mol. The van der Waals surface area contributed by atoms with E-state index in [1.54, 1.807) is 12.1 Å². The quantitative estimate of drug-likeness (QED) is 0.875. The van der Waals surface area contributed by atoms with E-state index in [2.05, 4.69) is 10.2 Å². The summed E-state index contributed by atoms with van der Waals surface area (Å²) in [5, 5.41) is 7.46. The van der Waals surface area contributed by atoms with Gasteiger partial charge in [0.05, 0.1) is 5.02 Å². The van der Waals surface area contributed by atoms with Crippen molar-refractivity contribution in [3.8, 4) is 11.6 Å². The second-order valence-corrected chi connectivity index (χ2v) is 3.38. The van der Waals surface area contributed by atoms with Crippen molar-refractivity contribution in [2.45, 2.75) is 0 Å². The van der Waals surface area contributed by atoms with Gasteiger partial charge in [-0.25, -0.2) is 4.39 Å². The van der Waals surface area contributed by atoms with Gasteiger partial charge in [0.1, 0.15) is 17.4 Å². The molecule has 2 N–H and O–H groups in total. The summed E-state index contributed by atoms with van der Waals surface area (Å²) in [5.74, 6) is 0.406. The number of ether oxygens (including phenoxy) is 1. The molecule has 0 fully saturated rings. The van der Waals surface area contributed by atoms with Crippen molar-refractivity contribution in [2.75, 3.05) is 5.73 Å². The summed E-state index contributed by atoms with van der Waals surface area (Å²) in [6.07, 6.45) is 0. The Balaban J connectivity index is 2.23. The lowest BCUT2D eigenvalue weighted by atomic mass is 10.3. The summed E-state index contributed by atoms with van der Waals surface area (Å²) < 4.78 is 18.0. The second kappa shape index (κ2) is 4.32. The smallest absolute Gasteiger partial charge is 0.239 e. The summed E-state index contributed by atoms with van der Waals surface area (Å²) in [4.78, 5) is 0. The van der Waals surface area contributed by atoms with E-state index >= 15 is 0 Å². The maximum Gasteiger partial charge on any atom is 0.239 e. The fraction of sp³-hybridized carbons (Fsp3) is 0. The van der Waals surface area contributed by atoms with E-state index in [9.17, 15) is 4.39 Å². The molecule has 0 bridgehead atoms. The van der Waals surface area contributed by atoms with E-state index in [4.69, 9.17) is 22.1 Å². The molecule has 0 aliphatic heterocycles. The molecular formula is C10H7ClFN3O. The van der Waals surface area contributed by atoms with Crippen molar-refractivity contribution >= 4 is 17.4 Å². The molecule has 0 radical (unpaired) electrons. The fourth-order valence-corrected chi connectivity index (χ4v) is 1.26. The highest BCUT2D eigenvalue weighted by Crippen LogP contribution is 2.28. The zero-order chi connectivity index (χ0) is 11.5. The van der Waals surface area contributed by atoms with Crippen molar-refractivity contribution in [2.24, 2.45) is 0 Å². The van der Waals surface area contributed by atoms with Crippen molar-refractivity contribution in [1.29, 1.82) is 0 Å². The van der Waals surface area contributed by atoms with Crippen LogP contribution in [0.4, 0.5) is 10.2 Å². The van der Waals surface area contributed by atoms with Crippen molar-refractivity contribution in [1.82, 2.24) is 10.2 Å². The van der Waals surface area contributed by atoms with Gasteiger partial charge in [-0.2, -0.15) is 0 Å². The minimum atomic E-state index is -0.430. The van der Waals surface area contributed by atoms with Crippen LogP contribution in [0.1, 0.15) is 0 Å². The Hall–Kier alpha value is -1.88. The molecule has 1 aromatic carbocycles. The molecule has 0 atom stereocenters. The number of hydrogen-bond donors (Lipinski definition) is 1. The second-order valence-electron chi connectivity index (χ2n) is 2.97. The van der Waals surface area contributed by atoms with Crippen molar-refractivity contribution in [3.63, 3.8) is 0 Å². The Morgan fingerprint density at radius 1 is 1.19 bits per heavy atom. The van der Waals surface area contributed by atoms with E-state index in [-0.39, 0.29) is 16.7 Å². The Morgan fingerprint density at radius 3 is 2.62 bits per heavy atom. The van der Waals surface area contributed by atoms with Crippen LogP contribution in [-0.4, -0.2) is 10.2 Å². The average Bonchev–Trinajstić information content (AvgIpc) is 2.25. The maximum absolute atomic E-state index is 12.8. The Kier molecular flexibility index (Phi) is 2.87. The molecule has 0 unspecified atom stereocenters. The van der Waals surface area contributed by atoms with Crippen LogP contribution in [0.15, 0.2) is 30.3 Å². The molecular weight excluding hydrogens is 233 g/mol. The Bertz CT molecular complexity index is 504. The van der Waals surface area contributed by atoms with Gasteiger partial charge in [0, 0.05) is 6.07 Å². The zero-order valence-corrected chi connectivity index (χ0v) is 8.78. The van der Waals surface area contributed by atoms with E-state index < -0.39 is 5.82 Å². The number of nitrogens with zero attached hydrogens (tertiary/aromatic N) is 2. The van der Waals surface area contributed by atoms with E-state index in [0.717, 1.165) is 6.07 Å². The first-order chi connectivity index (χ1) is 7.65. The normalized spacial score (nSPS) is 10.1. The van der Waals surface area contributed by atoms with Crippen LogP contribution in [0.3, 0.4) is 0 Å². The molecule has 1 heterocycles. The third kappa shape index (κ3) is 2.38. The predicted octanol–water partition coefficient (Wildman–Crippen LogP) is 2.64. The third-order valence-electron chi connectivity index (χ3n) is 1.77. The molecule has 0 aliphatic rings. The van der Waals surface area contributed by atoms with E-state index in [1.165, 1.54) is 12.1 Å². The monoisotopic (exact) mass is 239 g/mol. The summed E-state index contributed by atoms with van der Waals surface area (Å²) in [6.45, 7) is 0. The summed E-state index contributed by atoms with van der Waals surface area (Å²) in [6, 6.07) is 6.89. The van der Waals surface area contributed by atoms with Gasteiger partial charge in [-0.1, -0.05) is 11.6 Å². The van der Waals surface area contributed by atoms with Gasteiger partial charge >= 0.3 is 0 Å². The molecule has 0 spiro atoms. The molecule has 2 aromatic rings. The average molecular weight is 240 g/mol. The molecule has 6 heteroatoms. The minimum absolute atomic E-state index is 0.165. The SMILES string of the molecule is Nc1ccc(Oc2ccc(F)cc2Cl)nn1.